The van der Waals surface area contributed by atoms with Crippen LogP contribution in [-0.4, -0.2) is 20.2 Å². The van der Waals surface area contributed by atoms with Crippen molar-refractivity contribution in [1.82, 2.24) is 0 Å². The van der Waals surface area contributed by atoms with Crippen molar-refractivity contribution in [1.29, 1.82) is 0 Å². The summed E-state index contributed by atoms with van der Waals surface area (Å²) >= 11 is 0. The molecule has 0 saturated carbocycles. The number of hydrogen-bond acceptors (Lipinski definition) is 3. The van der Waals surface area contributed by atoms with Crippen molar-refractivity contribution in [3.63, 3.8) is 0 Å². The van der Waals surface area contributed by atoms with Crippen LogP contribution < -0.4 is 20.7 Å². The third kappa shape index (κ3) is 4.98. The molecule has 0 aromatic heterocycles. The number of hydrogen-bond donors (Lipinski definition) is 0. The van der Waals surface area contributed by atoms with E-state index in [4.69, 9.17) is 4.74 Å². The number of rotatable bonds is 8. The zero-order valence-corrected chi connectivity index (χ0v) is 22.9. The summed E-state index contributed by atoms with van der Waals surface area (Å²) in [5.74, 6) is 0.584. The van der Waals surface area contributed by atoms with Gasteiger partial charge in [-0.3, -0.25) is 0 Å². The molecule has 0 bridgehead atoms. The zero-order valence-electron chi connectivity index (χ0n) is 21.1. The molecule has 5 rings (SSSR count). The predicted molar refractivity (Wildman–Crippen MR) is 161 cm³/mol. The Hall–Kier alpha value is -3.85. The van der Waals surface area contributed by atoms with Gasteiger partial charge in [0.05, 0.1) is 17.5 Å². The van der Waals surface area contributed by atoms with E-state index < -0.39 is 16.7 Å². The highest BCUT2D eigenvalue weighted by Gasteiger charge is 2.37. The average Bonchev–Trinajstić information content (AvgIpc) is 2.97. The lowest BCUT2D eigenvalue weighted by atomic mass is 10.2. The van der Waals surface area contributed by atoms with Crippen LogP contribution in [0, 0.1) is 0 Å². The van der Waals surface area contributed by atoms with Gasteiger partial charge in [-0.1, -0.05) is 121 Å². The van der Waals surface area contributed by atoms with E-state index >= 15 is 0 Å². The van der Waals surface area contributed by atoms with E-state index in [1.807, 2.05) is 109 Å². The van der Waals surface area contributed by atoms with Crippen molar-refractivity contribution in [3.05, 3.63) is 157 Å². The van der Waals surface area contributed by atoms with Crippen LogP contribution in [0.2, 0.25) is 0 Å². The quantitative estimate of drug-likeness (QED) is 0.236. The summed E-state index contributed by atoms with van der Waals surface area (Å²) in [4.78, 5) is 0. The number of sulfone groups is 1. The first-order valence-corrected chi connectivity index (χ1v) is 15.8. The van der Waals surface area contributed by atoms with Crippen LogP contribution in [0.5, 0.6) is 5.75 Å². The highest BCUT2D eigenvalue weighted by molar-refractivity contribution is 8.20. The molecule has 5 heteroatoms. The van der Waals surface area contributed by atoms with Gasteiger partial charge in [-0.05, 0) is 58.2 Å². The lowest BCUT2D eigenvalue weighted by molar-refractivity contribution is 0.415. The molecular weight excluding hydrogens is 507 g/mol. The van der Waals surface area contributed by atoms with Crippen LogP contribution in [0.4, 0.5) is 0 Å². The van der Waals surface area contributed by atoms with Crippen LogP contribution in [0.15, 0.2) is 146 Å². The topological polar surface area (TPSA) is 43.4 Å². The minimum atomic E-state index is -3.82. The second-order valence-electron chi connectivity index (χ2n) is 8.96. The molecule has 0 aliphatic rings. The number of methoxy groups -OCH3 is 1. The van der Waals surface area contributed by atoms with Crippen LogP contribution in [0.25, 0.3) is 0 Å². The second-order valence-corrected chi connectivity index (χ2v) is 14.5. The van der Waals surface area contributed by atoms with Gasteiger partial charge in [0.25, 0.3) is 0 Å². The molecule has 0 aliphatic carbocycles. The maximum Gasteiger partial charge on any atom is 0.184 e. The Labute approximate surface area is 225 Å². The standard InChI is InChI=1S/C33H29O3PS/c1-36-29-24-22-28(23-25-29)33(38(34,35)26-27-14-6-2-7-15-27)37(30-16-8-3-9-17-30,31-18-10-4-11-19-31)32-20-12-5-13-21-32/h2-25H,26H2,1H3. The van der Waals surface area contributed by atoms with Gasteiger partial charge in [-0.25, -0.2) is 8.42 Å². The Morgan fingerprint density at radius 1 is 0.579 bits per heavy atom. The molecule has 0 fully saturated rings. The van der Waals surface area contributed by atoms with E-state index in [1.54, 1.807) is 7.11 Å². The smallest absolute Gasteiger partial charge is 0.184 e. The van der Waals surface area contributed by atoms with Gasteiger partial charge in [0.1, 0.15) is 5.75 Å². The van der Waals surface area contributed by atoms with Crippen molar-refractivity contribution in [3.8, 4) is 5.75 Å². The summed E-state index contributed by atoms with van der Waals surface area (Å²) in [5.41, 5.74) is 1.43. The van der Waals surface area contributed by atoms with Crippen molar-refractivity contribution in [2.45, 2.75) is 5.75 Å². The molecule has 0 heterocycles. The second kappa shape index (κ2) is 11.3. The summed E-state index contributed by atoms with van der Waals surface area (Å²) in [7, 11) is -2.21. The minimum absolute atomic E-state index is 0.0938. The fourth-order valence-corrected chi connectivity index (χ4v) is 13.0. The molecule has 0 atom stereocenters. The third-order valence-electron chi connectivity index (χ3n) is 6.57. The molecule has 0 N–H and O–H groups in total. The molecule has 0 radical (unpaired) electrons. The third-order valence-corrected chi connectivity index (χ3v) is 13.8. The first kappa shape index (κ1) is 25.8. The Morgan fingerprint density at radius 2 is 0.974 bits per heavy atom. The first-order valence-electron chi connectivity index (χ1n) is 12.4. The molecule has 3 nitrogen and oxygen atoms in total. The summed E-state index contributed by atoms with van der Waals surface area (Å²) in [6.07, 6.45) is 0. The highest BCUT2D eigenvalue weighted by Crippen LogP contribution is 2.49. The van der Waals surface area contributed by atoms with Crippen molar-refractivity contribution >= 4 is 37.3 Å². The van der Waals surface area contributed by atoms with E-state index in [1.165, 1.54) is 0 Å². The lowest BCUT2D eigenvalue weighted by Gasteiger charge is -2.33. The molecule has 190 valence electrons. The van der Waals surface area contributed by atoms with Gasteiger partial charge in [-0.15, -0.1) is 0 Å². The van der Waals surface area contributed by atoms with Crippen LogP contribution in [0.3, 0.4) is 0 Å². The van der Waals surface area contributed by atoms with Gasteiger partial charge < -0.3 is 4.74 Å². The predicted octanol–water partition coefficient (Wildman–Crippen LogP) is 5.78. The summed E-state index contributed by atoms with van der Waals surface area (Å²) in [6, 6.07) is 47.1. The maximum absolute atomic E-state index is 14.8. The fraction of sp³-hybridized carbons (Fsp3) is 0.0606. The normalized spacial score (nSPS) is 11.6. The van der Waals surface area contributed by atoms with Crippen LogP contribution >= 0.6 is 6.89 Å². The maximum atomic E-state index is 14.8. The van der Waals surface area contributed by atoms with Gasteiger partial charge >= 0.3 is 0 Å². The largest absolute Gasteiger partial charge is 0.497 e. The van der Waals surface area contributed by atoms with E-state index in [2.05, 4.69) is 36.4 Å². The van der Waals surface area contributed by atoms with E-state index in [9.17, 15) is 8.42 Å². The van der Waals surface area contributed by atoms with Crippen LogP contribution in [0.1, 0.15) is 11.1 Å². The molecule has 38 heavy (non-hydrogen) atoms. The minimum Gasteiger partial charge on any atom is -0.497 e. The highest BCUT2D eigenvalue weighted by atomic mass is 32.2. The van der Waals surface area contributed by atoms with E-state index in [-0.39, 0.29) is 5.75 Å². The molecule has 0 spiro atoms. The SMILES string of the molecule is COc1ccc(C(=P(c2ccccc2)(c2ccccc2)c2ccccc2)S(=O)(=O)Cc2ccccc2)cc1. The average molecular weight is 537 g/mol. The molecule has 0 aliphatic heterocycles. The van der Waals surface area contributed by atoms with Gasteiger partial charge in [-0.2, -0.15) is 0 Å². The van der Waals surface area contributed by atoms with Crippen molar-refractivity contribution < 1.29 is 13.2 Å². The van der Waals surface area contributed by atoms with E-state index in [0.717, 1.165) is 21.5 Å². The Morgan fingerprint density at radius 3 is 1.37 bits per heavy atom. The first-order chi connectivity index (χ1) is 18.6. The van der Waals surface area contributed by atoms with Crippen LogP contribution in [-0.2, 0) is 15.6 Å². The number of benzene rings is 5. The molecule has 0 unspecified atom stereocenters. The molecule has 5 aromatic rings. The van der Waals surface area contributed by atoms with Gasteiger partial charge in [0.2, 0.25) is 0 Å². The van der Waals surface area contributed by atoms with E-state index in [0.29, 0.717) is 15.9 Å². The Bertz CT molecular complexity index is 1550. The molecule has 5 aromatic carbocycles. The summed E-state index contributed by atoms with van der Waals surface area (Å²) in [5, 5.41) is 2.96. The Balaban J connectivity index is 2.02. The van der Waals surface area contributed by atoms with Crippen molar-refractivity contribution in [2.24, 2.45) is 0 Å². The number of ether oxygens (including phenoxy) is 1. The molecule has 0 saturated heterocycles. The Kier molecular flexibility index (Phi) is 7.64. The van der Waals surface area contributed by atoms with Gasteiger partial charge in [0.15, 0.2) is 9.84 Å². The molecular formula is C33H29O3PS. The molecule has 0 amide bonds. The zero-order chi connectivity index (χ0) is 26.4. The summed E-state index contributed by atoms with van der Waals surface area (Å²) in [6.45, 7) is -2.88. The van der Waals surface area contributed by atoms with Gasteiger partial charge in [0, 0.05) is 0 Å². The fourth-order valence-electron chi connectivity index (χ4n) is 4.93. The monoisotopic (exact) mass is 536 g/mol. The van der Waals surface area contributed by atoms with Crippen molar-refractivity contribution in [2.75, 3.05) is 7.11 Å². The summed E-state index contributed by atoms with van der Waals surface area (Å²) < 4.78 is 35.4. The lowest BCUT2D eigenvalue weighted by Crippen LogP contribution is -2.34.